The van der Waals surface area contributed by atoms with Gasteiger partial charge in [0.05, 0.1) is 0 Å². The molecule has 2 rings (SSSR count). The molecule has 0 bridgehead atoms. The molecule has 4 N–H and O–H groups in total. The number of nitrogens with two attached hydrogens (primary N) is 2. The Hall–Kier alpha value is -1.02. The van der Waals surface area contributed by atoms with Crippen LogP contribution in [0.3, 0.4) is 0 Å². The molecule has 1 aromatic rings. The van der Waals surface area contributed by atoms with E-state index >= 15 is 0 Å². The maximum Gasteiger partial charge on any atom is 0.0352 e. The average molecular weight is 190 g/mol. The number of rotatable bonds is 1. The van der Waals surface area contributed by atoms with E-state index in [0.29, 0.717) is 12.0 Å². The maximum absolute atomic E-state index is 6.01. The Balaban J connectivity index is 2.31. The third kappa shape index (κ3) is 1.62. The Morgan fingerprint density at radius 3 is 2.64 bits per heavy atom. The monoisotopic (exact) mass is 190 g/mol. The Morgan fingerprint density at radius 2 is 2.07 bits per heavy atom. The van der Waals surface area contributed by atoms with Gasteiger partial charge in [0.25, 0.3) is 0 Å². The lowest BCUT2D eigenvalue weighted by Gasteiger charge is -2.15. The summed E-state index contributed by atoms with van der Waals surface area (Å²) in [4.78, 5) is 0. The predicted octanol–water partition coefficient (Wildman–Crippen LogP) is 2.17. The van der Waals surface area contributed by atoms with E-state index in [2.05, 4.69) is 13.0 Å². The van der Waals surface area contributed by atoms with E-state index in [1.165, 1.54) is 17.5 Å². The first-order valence-electron chi connectivity index (χ1n) is 5.29. The van der Waals surface area contributed by atoms with Crippen molar-refractivity contribution < 1.29 is 0 Å². The lowest BCUT2D eigenvalue weighted by Crippen LogP contribution is -2.14. The fourth-order valence-corrected chi connectivity index (χ4v) is 2.54. The summed E-state index contributed by atoms with van der Waals surface area (Å²) in [6, 6.07) is 6.52. The molecule has 0 spiro atoms. The van der Waals surface area contributed by atoms with Gasteiger partial charge in [0.15, 0.2) is 0 Å². The van der Waals surface area contributed by atoms with Gasteiger partial charge in [0, 0.05) is 11.7 Å². The lowest BCUT2D eigenvalue weighted by atomic mass is 9.92. The second kappa shape index (κ2) is 3.62. The molecule has 1 fully saturated rings. The van der Waals surface area contributed by atoms with Gasteiger partial charge in [-0.05, 0) is 49.3 Å². The Labute approximate surface area is 85.3 Å². The van der Waals surface area contributed by atoms with Crippen LogP contribution in [0.25, 0.3) is 0 Å². The molecule has 0 radical (unpaired) electrons. The fraction of sp³-hybridized carbons (Fsp3) is 0.500. The van der Waals surface area contributed by atoms with Crippen molar-refractivity contribution in [3.63, 3.8) is 0 Å². The number of nitrogen functional groups attached to an aromatic ring is 1. The van der Waals surface area contributed by atoms with Crippen molar-refractivity contribution in [2.24, 2.45) is 5.73 Å². The zero-order chi connectivity index (χ0) is 10.1. The Morgan fingerprint density at radius 1 is 1.29 bits per heavy atom. The SMILES string of the molecule is Cc1cccc(N)c1C1CCC(N)C1. The Kier molecular flexibility index (Phi) is 2.46. The lowest BCUT2D eigenvalue weighted by molar-refractivity contribution is 0.673. The van der Waals surface area contributed by atoms with Crippen molar-refractivity contribution in [3.8, 4) is 0 Å². The van der Waals surface area contributed by atoms with E-state index in [1.54, 1.807) is 0 Å². The third-order valence-electron chi connectivity index (χ3n) is 3.24. The maximum atomic E-state index is 6.01. The molecule has 1 aliphatic carbocycles. The molecule has 2 nitrogen and oxygen atoms in total. The first kappa shape index (κ1) is 9.53. The van der Waals surface area contributed by atoms with Crippen molar-refractivity contribution in [2.45, 2.75) is 38.1 Å². The fourth-order valence-electron chi connectivity index (χ4n) is 2.54. The molecule has 0 aromatic heterocycles. The highest BCUT2D eigenvalue weighted by Crippen LogP contribution is 2.37. The molecule has 2 atom stereocenters. The smallest absolute Gasteiger partial charge is 0.0352 e. The zero-order valence-electron chi connectivity index (χ0n) is 8.66. The minimum absolute atomic E-state index is 0.374. The molecule has 0 amide bonds. The van der Waals surface area contributed by atoms with E-state index in [9.17, 15) is 0 Å². The zero-order valence-corrected chi connectivity index (χ0v) is 8.66. The van der Waals surface area contributed by atoms with Crippen LogP contribution in [0.2, 0.25) is 0 Å². The highest BCUT2D eigenvalue weighted by atomic mass is 14.7. The average Bonchev–Trinajstić information content (AvgIpc) is 2.51. The van der Waals surface area contributed by atoms with Gasteiger partial charge in [0.2, 0.25) is 0 Å². The van der Waals surface area contributed by atoms with Crippen LogP contribution in [0.1, 0.15) is 36.3 Å². The predicted molar refractivity (Wildman–Crippen MR) is 60.2 cm³/mol. The molecule has 0 aliphatic heterocycles. The minimum Gasteiger partial charge on any atom is -0.398 e. The Bertz CT molecular complexity index is 313. The molecule has 14 heavy (non-hydrogen) atoms. The number of hydrogen-bond acceptors (Lipinski definition) is 2. The minimum atomic E-state index is 0.374. The largest absolute Gasteiger partial charge is 0.398 e. The van der Waals surface area contributed by atoms with E-state index < -0.39 is 0 Å². The molecule has 0 saturated heterocycles. The van der Waals surface area contributed by atoms with Gasteiger partial charge < -0.3 is 11.5 Å². The van der Waals surface area contributed by atoms with Crippen LogP contribution in [0.4, 0.5) is 5.69 Å². The van der Waals surface area contributed by atoms with Crippen molar-refractivity contribution >= 4 is 5.69 Å². The van der Waals surface area contributed by atoms with E-state index in [1.807, 2.05) is 12.1 Å². The van der Waals surface area contributed by atoms with Crippen LogP contribution < -0.4 is 11.5 Å². The van der Waals surface area contributed by atoms with Gasteiger partial charge in [-0.3, -0.25) is 0 Å². The summed E-state index contributed by atoms with van der Waals surface area (Å²) in [6.45, 7) is 2.13. The topological polar surface area (TPSA) is 52.0 Å². The van der Waals surface area contributed by atoms with E-state index in [-0.39, 0.29) is 0 Å². The van der Waals surface area contributed by atoms with E-state index in [4.69, 9.17) is 11.5 Å². The van der Waals surface area contributed by atoms with Crippen LogP contribution in [0.5, 0.6) is 0 Å². The molecule has 76 valence electrons. The van der Waals surface area contributed by atoms with Gasteiger partial charge >= 0.3 is 0 Å². The second-order valence-corrected chi connectivity index (χ2v) is 4.35. The normalized spacial score (nSPS) is 26.7. The van der Waals surface area contributed by atoms with Gasteiger partial charge in [-0.25, -0.2) is 0 Å². The molecular weight excluding hydrogens is 172 g/mol. The number of aryl methyl sites for hydroxylation is 1. The van der Waals surface area contributed by atoms with Crippen molar-refractivity contribution in [3.05, 3.63) is 29.3 Å². The third-order valence-corrected chi connectivity index (χ3v) is 3.24. The summed E-state index contributed by atoms with van der Waals surface area (Å²) >= 11 is 0. The van der Waals surface area contributed by atoms with Gasteiger partial charge in [-0.1, -0.05) is 12.1 Å². The number of benzene rings is 1. The van der Waals surface area contributed by atoms with Crippen LogP contribution in [-0.2, 0) is 0 Å². The second-order valence-electron chi connectivity index (χ2n) is 4.35. The van der Waals surface area contributed by atoms with Crippen molar-refractivity contribution in [1.82, 2.24) is 0 Å². The molecule has 0 heterocycles. The van der Waals surface area contributed by atoms with Gasteiger partial charge in [-0.2, -0.15) is 0 Å². The molecule has 2 heteroatoms. The standard InChI is InChI=1S/C12H18N2/c1-8-3-2-4-11(14)12(8)9-5-6-10(13)7-9/h2-4,9-10H,5-7,13-14H2,1H3. The number of anilines is 1. The first-order chi connectivity index (χ1) is 6.68. The summed E-state index contributed by atoms with van der Waals surface area (Å²) in [6.07, 6.45) is 3.42. The molecule has 1 saturated carbocycles. The molecule has 1 aliphatic rings. The van der Waals surface area contributed by atoms with Crippen molar-refractivity contribution in [1.29, 1.82) is 0 Å². The van der Waals surface area contributed by atoms with Crippen molar-refractivity contribution in [2.75, 3.05) is 5.73 Å². The van der Waals surface area contributed by atoms with Gasteiger partial charge in [0.1, 0.15) is 0 Å². The van der Waals surface area contributed by atoms with Crippen LogP contribution in [-0.4, -0.2) is 6.04 Å². The van der Waals surface area contributed by atoms with E-state index in [0.717, 1.165) is 18.5 Å². The van der Waals surface area contributed by atoms with Crippen LogP contribution in [0.15, 0.2) is 18.2 Å². The summed E-state index contributed by atoms with van der Waals surface area (Å²) in [5.41, 5.74) is 15.5. The highest BCUT2D eigenvalue weighted by molar-refractivity contribution is 5.52. The highest BCUT2D eigenvalue weighted by Gasteiger charge is 2.25. The van der Waals surface area contributed by atoms with Crippen LogP contribution >= 0.6 is 0 Å². The van der Waals surface area contributed by atoms with Crippen LogP contribution in [0, 0.1) is 6.92 Å². The van der Waals surface area contributed by atoms with Gasteiger partial charge in [-0.15, -0.1) is 0 Å². The molecule has 1 aromatic carbocycles. The summed E-state index contributed by atoms with van der Waals surface area (Å²) < 4.78 is 0. The summed E-state index contributed by atoms with van der Waals surface area (Å²) in [5.74, 6) is 0.589. The molecular formula is C12H18N2. The quantitative estimate of drug-likeness (QED) is 0.667. The molecule has 2 unspecified atom stereocenters. The summed E-state index contributed by atoms with van der Waals surface area (Å²) in [7, 11) is 0. The summed E-state index contributed by atoms with van der Waals surface area (Å²) in [5, 5.41) is 0. The number of hydrogen-bond donors (Lipinski definition) is 2. The first-order valence-corrected chi connectivity index (χ1v) is 5.29.